The van der Waals surface area contributed by atoms with Gasteiger partial charge in [0.2, 0.25) is 0 Å². The molecule has 0 fully saturated rings. The van der Waals surface area contributed by atoms with Crippen LogP contribution in [0.4, 0.5) is 21.6 Å². The van der Waals surface area contributed by atoms with Crippen molar-refractivity contribution in [3.63, 3.8) is 0 Å². The van der Waals surface area contributed by atoms with Gasteiger partial charge in [-0.3, -0.25) is 9.67 Å². The summed E-state index contributed by atoms with van der Waals surface area (Å²) in [6.07, 6.45) is 6.26. The summed E-state index contributed by atoms with van der Waals surface area (Å²) < 4.78 is 21.6. The number of aromatic nitrogens is 4. The van der Waals surface area contributed by atoms with Gasteiger partial charge in [0.25, 0.3) is 0 Å². The molecular formula is C24H23FN6O. The molecule has 0 spiro atoms. The highest BCUT2D eigenvalue weighted by Crippen LogP contribution is 2.38. The van der Waals surface area contributed by atoms with Crippen LogP contribution in [0.3, 0.4) is 0 Å². The molecule has 1 aliphatic rings. The molecule has 4 aromatic rings. The van der Waals surface area contributed by atoms with Crippen LogP contribution in [0.2, 0.25) is 0 Å². The number of hydrogen-bond acceptors (Lipinski definition) is 6. The predicted octanol–water partition coefficient (Wildman–Crippen LogP) is 4.35. The molecule has 0 aliphatic heterocycles. The van der Waals surface area contributed by atoms with E-state index in [4.69, 9.17) is 15.6 Å². The summed E-state index contributed by atoms with van der Waals surface area (Å²) in [7, 11) is 1.56. The molecule has 1 aliphatic carbocycles. The molecule has 32 heavy (non-hydrogen) atoms. The molecule has 0 amide bonds. The maximum Gasteiger partial charge on any atom is 0.184 e. The molecule has 0 radical (unpaired) electrons. The van der Waals surface area contributed by atoms with Crippen molar-refractivity contribution in [1.82, 2.24) is 19.7 Å². The monoisotopic (exact) mass is 430 g/mol. The highest BCUT2D eigenvalue weighted by Gasteiger charge is 2.26. The zero-order valence-electron chi connectivity index (χ0n) is 17.7. The van der Waals surface area contributed by atoms with E-state index in [1.54, 1.807) is 31.6 Å². The van der Waals surface area contributed by atoms with Gasteiger partial charge in [0.1, 0.15) is 11.5 Å². The van der Waals surface area contributed by atoms with E-state index in [-0.39, 0.29) is 11.6 Å². The first-order valence-corrected chi connectivity index (χ1v) is 10.5. The third-order valence-corrected chi connectivity index (χ3v) is 5.69. The number of ether oxygens (including phenoxy) is 1. The Labute approximate surface area is 185 Å². The molecule has 3 heterocycles. The van der Waals surface area contributed by atoms with Crippen LogP contribution in [0.25, 0.3) is 11.4 Å². The quantitative estimate of drug-likeness (QED) is 0.473. The number of hydrogen-bond donors (Lipinski definition) is 2. The second-order valence-electron chi connectivity index (χ2n) is 7.71. The zero-order valence-corrected chi connectivity index (χ0v) is 17.7. The van der Waals surface area contributed by atoms with Crippen molar-refractivity contribution in [2.45, 2.75) is 25.8 Å². The Morgan fingerprint density at radius 3 is 2.75 bits per heavy atom. The number of halogens is 1. The second kappa shape index (κ2) is 8.30. The standard InChI is InChI=1S/C24H23FN6O/c1-32-23-20(28-16-9-11-27-12-10-16)13-19(29-24(23)26)22-17-6-4-8-21(17)31(30-22)14-15-5-2-3-7-18(15)25/h2-3,5,7,9-13H,4,6,8,14H2,1H3,(H3,26,27,28,29). The largest absolute Gasteiger partial charge is 0.491 e. The summed E-state index contributed by atoms with van der Waals surface area (Å²) in [6.45, 7) is 0.378. The van der Waals surface area contributed by atoms with Crippen LogP contribution in [0.1, 0.15) is 23.2 Å². The Balaban J connectivity index is 1.57. The fraction of sp³-hybridized carbons (Fsp3) is 0.208. The average Bonchev–Trinajstić information content (AvgIpc) is 3.40. The summed E-state index contributed by atoms with van der Waals surface area (Å²) in [5, 5.41) is 8.16. The molecule has 0 unspecified atom stereocenters. The summed E-state index contributed by atoms with van der Waals surface area (Å²) in [6, 6.07) is 12.4. The van der Waals surface area contributed by atoms with E-state index in [0.29, 0.717) is 29.2 Å². The minimum absolute atomic E-state index is 0.230. The second-order valence-corrected chi connectivity index (χ2v) is 7.71. The SMILES string of the molecule is COc1c(Nc2ccncc2)cc(-c2nn(Cc3ccccc3F)c3c2CCC3)nc1N. The number of nitrogens with zero attached hydrogens (tertiary/aromatic N) is 4. The average molecular weight is 430 g/mol. The summed E-state index contributed by atoms with van der Waals surface area (Å²) in [4.78, 5) is 8.63. The molecule has 0 saturated heterocycles. The van der Waals surface area contributed by atoms with Crippen molar-refractivity contribution >= 4 is 17.2 Å². The molecule has 3 N–H and O–H groups in total. The maximum atomic E-state index is 14.3. The lowest BCUT2D eigenvalue weighted by molar-refractivity contribution is 0.417. The van der Waals surface area contributed by atoms with E-state index in [9.17, 15) is 4.39 Å². The Bertz CT molecular complexity index is 1270. The predicted molar refractivity (Wildman–Crippen MR) is 121 cm³/mol. The Hall–Kier alpha value is -3.94. The van der Waals surface area contributed by atoms with Gasteiger partial charge in [0.15, 0.2) is 11.6 Å². The van der Waals surface area contributed by atoms with Crippen LogP contribution in [0.5, 0.6) is 5.75 Å². The van der Waals surface area contributed by atoms with E-state index in [1.165, 1.54) is 6.07 Å². The number of fused-ring (bicyclic) bond motifs is 1. The minimum atomic E-state index is -0.230. The number of anilines is 3. The molecule has 3 aromatic heterocycles. The van der Waals surface area contributed by atoms with E-state index < -0.39 is 0 Å². The van der Waals surface area contributed by atoms with Gasteiger partial charge in [0.05, 0.1) is 25.0 Å². The Morgan fingerprint density at radius 2 is 1.97 bits per heavy atom. The molecule has 7 nitrogen and oxygen atoms in total. The van der Waals surface area contributed by atoms with Crippen LogP contribution in [-0.4, -0.2) is 26.9 Å². The van der Waals surface area contributed by atoms with Gasteiger partial charge in [-0.15, -0.1) is 0 Å². The molecule has 0 saturated carbocycles. The highest BCUT2D eigenvalue weighted by molar-refractivity contribution is 5.78. The normalized spacial score (nSPS) is 12.6. The van der Waals surface area contributed by atoms with Crippen molar-refractivity contribution in [3.8, 4) is 17.1 Å². The van der Waals surface area contributed by atoms with Crippen molar-refractivity contribution < 1.29 is 9.13 Å². The number of nitrogens with two attached hydrogens (primary N) is 1. The van der Waals surface area contributed by atoms with E-state index >= 15 is 0 Å². The number of methoxy groups -OCH3 is 1. The Morgan fingerprint density at radius 1 is 1.16 bits per heavy atom. The lowest BCUT2D eigenvalue weighted by Crippen LogP contribution is -2.07. The smallest absolute Gasteiger partial charge is 0.184 e. The number of pyridine rings is 2. The third-order valence-electron chi connectivity index (χ3n) is 5.69. The van der Waals surface area contributed by atoms with Gasteiger partial charge >= 0.3 is 0 Å². The molecule has 8 heteroatoms. The Kier molecular flexibility index (Phi) is 5.18. The third kappa shape index (κ3) is 3.64. The first-order valence-electron chi connectivity index (χ1n) is 10.5. The molecular weight excluding hydrogens is 407 g/mol. The number of benzene rings is 1. The van der Waals surface area contributed by atoms with Crippen LogP contribution in [0.15, 0.2) is 54.9 Å². The van der Waals surface area contributed by atoms with Gasteiger partial charge in [0, 0.05) is 34.9 Å². The number of rotatable bonds is 6. The summed E-state index contributed by atoms with van der Waals surface area (Å²) in [5.41, 5.74) is 12.1. The molecule has 0 atom stereocenters. The molecule has 0 bridgehead atoms. The van der Waals surface area contributed by atoms with E-state index in [0.717, 1.165) is 41.9 Å². The first kappa shape index (κ1) is 20.0. The molecule has 1 aromatic carbocycles. The van der Waals surface area contributed by atoms with Crippen molar-refractivity contribution in [1.29, 1.82) is 0 Å². The lowest BCUT2D eigenvalue weighted by Gasteiger charge is -2.14. The van der Waals surface area contributed by atoms with Gasteiger partial charge in [-0.25, -0.2) is 9.37 Å². The minimum Gasteiger partial charge on any atom is -0.491 e. The fourth-order valence-electron chi connectivity index (χ4n) is 4.21. The maximum absolute atomic E-state index is 14.3. The first-order chi connectivity index (χ1) is 15.6. The van der Waals surface area contributed by atoms with E-state index in [2.05, 4.69) is 15.3 Å². The summed E-state index contributed by atoms with van der Waals surface area (Å²) in [5.74, 6) is 0.511. The lowest BCUT2D eigenvalue weighted by atomic mass is 10.1. The van der Waals surface area contributed by atoms with Gasteiger partial charge in [-0.1, -0.05) is 18.2 Å². The van der Waals surface area contributed by atoms with Crippen molar-refractivity contribution in [2.24, 2.45) is 0 Å². The topological polar surface area (TPSA) is 90.9 Å². The van der Waals surface area contributed by atoms with Crippen LogP contribution in [-0.2, 0) is 19.4 Å². The zero-order chi connectivity index (χ0) is 22.1. The number of nitrogen functional groups attached to an aromatic ring is 1. The highest BCUT2D eigenvalue weighted by atomic mass is 19.1. The van der Waals surface area contributed by atoms with Crippen molar-refractivity contribution in [2.75, 3.05) is 18.2 Å². The van der Waals surface area contributed by atoms with E-state index in [1.807, 2.05) is 28.9 Å². The van der Waals surface area contributed by atoms with Gasteiger partial charge < -0.3 is 15.8 Å². The molecule has 5 rings (SSSR count). The molecule has 162 valence electrons. The number of nitrogens with one attached hydrogen (secondary N) is 1. The summed E-state index contributed by atoms with van der Waals surface area (Å²) >= 11 is 0. The van der Waals surface area contributed by atoms with Crippen LogP contribution < -0.4 is 15.8 Å². The van der Waals surface area contributed by atoms with Gasteiger partial charge in [-0.05, 0) is 43.5 Å². The van der Waals surface area contributed by atoms with Gasteiger partial charge in [-0.2, -0.15) is 5.10 Å². The van der Waals surface area contributed by atoms with Crippen LogP contribution >= 0.6 is 0 Å². The van der Waals surface area contributed by atoms with Crippen LogP contribution in [0, 0.1) is 5.82 Å². The fourth-order valence-corrected chi connectivity index (χ4v) is 4.21. The van der Waals surface area contributed by atoms with Crippen molar-refractivity contribution in [3.05, 3.63) is 77.5 Å².